The van der Waals surface area contributed by atoms with Gasteiger partial charge in [0.25, 0.3) is 5.89 Å². The summed E-state index contributed by atoms with van der Waals surface area (Å²) in [6, 6.07) is 9.08. The maximum Gasteiger partial charge on any atom is 0.257 e. The first-order valence-corrected chi connectivity index (χ1v) is 10.7. The molecule has 3 aromatic rings. The molecule has 0 radical (unpaired) electrons. The van der Waals surface area contributed by atoms with Gasteiger partial charge in [0.15, 0.2) is 5.82 Å². The molecule has 4 rings (SSSR count). The zero-order valence-corrected chi connectivity index (χ0v) is 16.6. The van der Waals surface area contributed by atoms with Gasteiger partial charge in [-0.2, -0.15) is 9.29 Å². The van der Waals surface area contributed by atoms with Crippen molar-refractivity contribution in [3.63, 3.8) is 0 Å². The lowest BCUT2D eigenvalue weighted by Crippen LogP contribution is -2.38. The highest BCUT2D eigenvalue weighted by Crippen LogP contribution is 2.31. The Morgan fingerprint density at radius 3 is 2.41 bits per heavy atom. The Labute approximate surface area is 171 Å². The highest BCUT2D eigenvalue weighted by atomic mass is 35.5. The van der Waals surface area contributed by atoms with Crippen LogP contribution in [-0.4, -0.2) is 36.0 Å². The van der Waals surface area contributed by atoms with Crippen LogP contribution in [0.4, 0.5) is 8.78 Å². The molecule has 10 heteroatoms. The molecule has 1 aliphatic rings. The zero-order chi connectivity index (χ0) is 20.6. The largest absolute Gasteiger partial charge is 0.334 e. The van der Waals surface area contributed by atoms with E-state index in [0.29, 0.717) is 24.2 Å². The van der Waals surface area contributed by atoms with Crippen LogP contribution in [0.5, 0.6) is 0 Å². The Kier molecular flexibility index (Phi) is 5.37. The molecule has 0 unspecified atom stereocenters. The van der Waals surface area contributed by atoms with Crippen molar-refractivity contribution in [1.82, 2.24) is 14.4 Å². The fraction of sp³-hybridized carbons (Fsp3) is 0.263. The topological polar surface area (TPSA) is 76.3 Å². The molecule has 0 atom stereocenters. The molecule has 152 valence electrons. The van der Waals surface area contributed by atoms with Gasteiger partial charge in [-0.05, 0) is 55.3 Å². The smallest absolute Gasteiger partial charge is 0.257 e. The predicted octanol–water partition coefficient (Wildman–Crippen LogP) is 4.24. The summed E-state index contributed by atoms with van der Waals surface area (Å²) in [5.41, 5.74) is 0.610. The van der Waals surface area contributed by atoms with Gasteiger partial charge < -0.3 is 4.52 Å². The first-order valence-electron chi connectivity index (χ1n) is 8.89. The van der Waals surface area contributed by atoms with Gasteiger partial charge >= 0.3 is 0 Å². The quantitative estimate of drug-likeness (QED) is 0.607. The number of hydrogen-bond donors (Lipinski definition) is 0. The Bertz CT molecular complexity index is 1130. The lowest BCUT2D eigenvalue weighted by molar-refractivity contribution is 0.307. The Balaban J connectivity index is 1.45. The van der Waals surface area contributed by atoms with Crippen LogP contribution in [0.1, 0.15) is 24.6 Å². The molecule has 0 amide bonds. The minimum Gasteiger partial charge on any atom is -0.334 e. The maximum absolute atomic E-state index is 13.3. The third kappa shape index (κ3) is 4.03. The standard InChI is InChI=1S/C19H16ClF2N3O3S/c20-16-11-15(5-6-17(16)22)29(26,27)25-9-7-12(8-10-25)18-23-19(28-24-18)13-1-3-14(21)4-2-13/h1-6,11-12H,7-10H2. The second-order valence-corrected chi connectivity index (χ2v) is 9.06. The summed E-state index contributed by atoms with van der Waals surface area (Å²) in [7, 11) is -3.77. The first-order chi connectivity index (χ1) is 13.8. The van der Waals surface area contributed by atoms with Gasteiger partial charge in [-0.3, -0.25) is 0 Å². The molecule has 0 N–H and O–H groups in total. The molecule has 0 bridgehead atoms. The van der Waals surface area contributed by atoms with Crippen molar-refractivity contribution in [2.45, 2.75) is 23.7 Å². The third-order valence-corrected chi connectivity index (χ3v) is 7.07. The zero-order valence-electron chi connectivity index (χ0n) is 15.1. The summed E-state index contributed by atoms with van der Waals surface area (Å²) in [5.74, 6) is -0.304. The van der Waals surface area contributed by atoms with E-state index in [2.05, 4.69) is 10.1 Å². The number of nitrogens with zero attached hydrogens (tertiary/aromatic N) is 3. The Morgan fingerprint density at radius 1 is 1.07 bits per heavy atom. The molecule has 1 aliphatic heterocycles. The number of hydrogen-bond acceptors (Lipinski definition) is 5. The van der Waals surface area contributed by atoms with Crippen molar-refractivity contribution in [3.05, 3.63) is 64.9 Å². The SMILES string of the molecule is O=S(=O)(c1ccc(F)c(Cl)c1)N1CCC(c2noc(-c3ccc(F)cc3)n2)CC1. The second kappa shape index (κ2) is 7.81. The minimum atomic E-state index is -3.77. The van der Waals surface area contributed by atoms with Gasteiger partial charge in [0.1, 0.15) is 11.6 Å². The van der Waals surface area contributed by atoms with Crippen LogP contribution < -0.4 is 0 Å². The first kappa shape index (κ1) is 19.9. The predicted molar refractivity (Wildman–Crippen MR) is 102 cm³/mol. The number of halogens is 3. The van der Waals surface area contributed by atoms with Gasteiger partial charge in [0.05, 0.1) is 9.92 Å². The fourth-order valence-electron chi connectivity index (χ4n) is 3.25. The number of aromatic nitrogens is 2. The summed E-state index contributed by atoms with van der Waals surface area (Å²) < 4.78 is 58.5. The number of sulfonamides is 1. The molecule has 1 fully saturated rings. The average Bonchev–Trinajstić information content (AvgIpc) is 3.21. The number of piperidine rings is 1. The highest BCUT2D eigenvalue weighted by molar-refractivity contribution is 7.89. The average molecular weight is 440 g/mol. The molecule has 29 heavy (non-hydrogen) atoms. The molecule has 0 saturated carbocycles. The molecule has 2 heterocycles. The van der Waals surface area contributed by atoms with Crippen molar-refractivity contribution in [3.8, 4) is 11.5 Å². The summed E-state index contributed by atoms with van der Waals surface area (Å²) >= 11 is 5.72. The molecule has 6 nitrogen and oxygen atoms in total. The van der Waals surface area contributed by atoms with E-state index in [1.54, 1.807) is 12.1 Å². The molecule has 0 aliphatic carbocycles. The van der Waals surface area contributed by atoms with Gasteiger partial charge in [-0.15, -0.1) is 0 Å². The van der Waals surface area contributed by atoms with E-state index in [9.17, 15) is 17.2 Å². The van der Waals surface area contributed by atoms with Crippen molar-refractivity contribution in [1.29, 1.82) is 0 Å². The Morgan fingerprint density at radius 2 is 1.76 bits per heavy atom. The van der Waals surface area contributed by atoms with Crippen LogP contribution in [0, 0.1) is 11.6 Å². The van der Waals surface area contributed by atoms with Crippen LogP contribution in [-0.2, 0) is 10.0 Å². The van der Waals surface area contributed by atoms with E-state index >= 15 is 0 Å². The second-order valence-electron chi connectivity index (χ2n) is 6.72. The molecular formula is C19H16ClF2N3O3S. The van der Waals surface area contributed by atoms with Gasteiger partial charge in [0.2, 0.25) is 10.0 Å². The monoisotopic (exact) mass is 439 g/mol. The Hall–Kier alpha value is -2.36. The normalized spacial score (nSPS) is 16.2. The molecular weight excluding hydrogens is 424 g/mol. The van der Waals surface area contributed by atoms with E-state index in [1.807, 2.05) is 0 Å². The van der Waals surface area contributed by atoms with Crippen LogP contribution >= 0.6 is 11.6 Å². The van der Waals surface area contributed by atoms with Gasteiger partial charge in [-0.1, -0.05) is 16.8 Å². The van der Waals surface area contributed by atoms with E-state index in [4.69, 9.17) is 16.1 Å². The summed E-state index contributed by atoms with van der Waals surface area (Å²) in [6.45, 7) is 0.533. The summed E-state index contributed by atoms with van der Waals surface area (Å²) in [5, 5.41) is 3.76. The molecule has 2 aromatic carbocycles. The molecule has 1 aromatic heterocycles. The van der Waals surface area contributed by atoms with Crippen molar-refractivity contribution >= 4 is 21.6 Å². The van der Waals surface area contributed by atoms with Gasteiger partial charge in [0, 0.05) is 24.6 Å². The van der Waals surface area contributed by atoms with Crippen LogP contribution in [0.25, 0.3) is 11.5 Å². The minimum absolute atomic E-state index is 0.0412. The van der Waals surface area contributed by atoms with Crippen molar-refractivity contribution in [2.24, 2.45) is 0 Å². The highest BCUT2D eigenvalue weighted by Gasteiger charge is 2.32. The number of benzene rings is 2. The van der Waals surface area contributed by atoms with E-state index in [-0.39, 0.29) is 40.6 Å². The fourth-order valence-corrected chi connectivity index (χ4v) is 4.99. The van der Waals surface area contributed by atoms with Crippen LogP contribution in [0.15, 0.2) is 51.9 Å². The van der Waals surface area contributed by atoms with E-state index in [1.165, 1.54) is 22.5 Å². The van der Waals surface area contributed by atoms with Crippen LogP contribution in [0.2, 0.25) is 5.02 Å². The van der Waals surface area contributed by atoms with Crippen LogP contribution in [0.3, 0.4) is 0 Å². The summed E-state index contributed by atoms with van der Waals surface area (Å²) in [4.78, 5) is 4.33. The van der Waals surface area contributed by atoms with Gasteiger partial charge in [-0.25, -0.2) is 17.2 Å². The maximum atomic E-state index is 13.3. The van der Waals surface area contributed by atoms with E-state index in [0.717, 1.165) is 12.1 Å². The number of rotatable bonds is 4. The molecule has 0 spiro atoms. The van der Waals surface area contributed by atoms with E-state index < -0.39 is 15.8 Å². The van der Waals surface area contributed by atoms with Crippen molar-refractivity contribution < 1.29 is 21.7 Å². The third-order valence-electron chi connectivity index (χ3n) is 4.88. The summed E-state index contributed by atoms with van der Waals surface area (Å²) in [6.07, 6.45) is 1.02. The van der Waals surface area contributed by atoms with Crippen molar-refractivity contribution in [2.75, 3.05) is 13.1 Å². The lowest BCUT2D eigenvalue weighted by atomic mass is 9.97. The lowest BCUT2D eigenvalue weighted by Gasteiger charge is -2.29. The molecule has 1 saturated heterocycles.